The van der Waals surface area contributed by atoms with Crippen molar-refractivity contribution in [3.63, 3.8) is 0 Å². The van der Waals surface area contributed by atoms with Crippen molar-refractivity contribution in [1.82, 2.24) is 5.32 Å². The Morgan fingerprint density at radius 3 is 3.15 bits per heavy atom. The molecule has 3 atom stereocenters. The summed E-state index contributed by atoms with van der Waals surface area (Å²) in [5, 5.41) is 3.78. The summed E-state index contributed by atoms with van der Waals surface area (Å²) >= 11 is 0. The number of ether oxygens (including phenoxy) is 2. The van der Waals surface area contributed by atoms with Gasteiger partial charge in [-0.25, -0.2) is 0 Å². The van der Waals surface area contributed by atoms with Crippen molar-refractivity contribution in [1.29, 1.82) is 0 Å². The molecule has 2 heterocycles. The maximum absolute atomic E-state index is 5.89. The molecule has 1 aromatic rings. The van der Waals surface area contributed by atoms with Gasteiger partial charge in [0.05, 0.1) is 0 Å². The summed E-state index contributed by atoms with van der Waals surface area (Å²) < 4.78 is 11.5. The molecule has 3 nitrogen and oxygen atoms in total. The number of hydrogen-bond donors (Lipinski definition) is 1. The van der Waals surface area contributed by atoms with Crippen molar-refractivity contribution in [3.05, 3.63) is 23.3 Å². The van der Waals surface area contributed by atoms with Gasteiger partial charge in [-0.2, -0.15) is 0 Å². The van der Waals surface area contributed by atoms with Gasteiger partial charge in [-0.15, -0.1) is 0 Å². The van der Waals surface area contributed by atoms with Crippen molar-refractivity contribution in [3.8, 4) is 11.5 Å². The summed E-state index contributed by atoms with van der Waals surface area (Å²) in [5.74, 6) is 2.85. The molecule has 0 aromatic heterocycles. The van der Waals surface area contributed by atoms with Crippen LogP contribution in [0, 0.1) is 5.92 Å². The molecule has 20 heavy (non-hydrogen) atoms. The quantitative estimate of drug-likeness (QED) is 0.787. The normalized spacial score (nSPS) is 37.2. The minimum Gasteiger partial charge on any atom is -0.454 e. The number of fused-ring (bicyclic) bond motifs is 3. The highest BCUT2D eigenvalue weighted by Gasteiger charge is 2.53. The van der Waals surface area contributed by atoms with Gasteiger partial charge < -0.3 is 14.8 Å². The van der Waals surface area contributed by atoms with Crippen LogP contribution in [-0.4, -0.2) is 19.4 Å². The van der Waals surface area contributed by atoms with Crippen molar-refractivity contribution in [2.75, 3.05) is 13.3 Å². The fourth-order valence-electron chi connectivity index (χ4n) is 5.40. The van der Waals surface area contributed by atoms with Crippen molar-refractivity contribution < 1.29 is 9.47 Å². The highest BCUT2D eigenvalue weighted by Crippen LogP contribution is 2.58. The molecule has 0 radical (unpaired) electrons. The molecule has 3 heteroatoms. The standard InChI is InChI=1S/C17H21NO2/c1-2-6-17-7-8-18-13(12(17)3-1)9-11-4-5-14-16(15(11)17)20-10-19-14/h4-5,12-13,18H,1-3,6-10H2. The van der Waals surface area contributed by atoms with Crippen molar-refractivity contribution in [2.45, 2.75) is 50.0 Å². The van der Waals surface area contributed by atoms with E-state index >= 15 is 0 Å². The third-order valence-electron chi connectivity index (χ3n) is 6.12. The average molecular weight is 271 g/mol. The number of rotatable bonds is 0. The number of nitrogens with one attached hydrogen (secondary N) is 1. The first-order valence-corrected chi connectivity index (χ1v) is 8.04. The third-order valence-corrected chi connectivity index (χ3v) is 6.12. The zero-order valence-corrected chi connectivity index (χ0v) is 11.8. The van der Waals surface area contributed by atoms with Crippen LogP contribution in [0.25, 0.3) is 0 Å². The van der Waals surface area contributed by atoms with Gasteiger partial charge in [-0.1, -0.05) is 18.9 Å². The molecule has 1 saturated carbocycles. The van der Waals surface area contributed by atoms with Crippen molar-refractivity contribution in [2.24, 2.45) is 5.92 Å². The summed E-state index contributed by atoms with van der Waals surface area (Å²) in [6.45, 7) is 1.55. The predicted octanol–water partition coefficient (Wildman–Crippen LogP) is 2.76. The molecule has 1 N–H and O–H groups in total. The van der Waals surface area contributed by atoms with E-state index in [9.17, 15) is 0 Å². The van der Waals surface area contributed by atoms with Crippen molar-refractivity contribution >= 4 is 0 Å². The van der Waals surface area contributed by atoms with E-state index in [1.807, 2.05) is 0 Å². The van der Waals surface area contributed by atoms with Gasteiger partial charge in [0.1, 0.15) is 0 Å². The highest BCUT2D eigenvalue weighted by molar-refractivity contribution is 5.58. The zero-order valence-electron chi connectivity index (χ0n) is 11.8. The van der Waals surface area contributed by atoms with Crippen LogP contribution in [0.15, 0.2) is 12.1 Å². The maximum atomic E-state index is 5.89. The monoisotopic (exact) mass is 271 g/mol. The van der Waals surface area contributed by atoms with E-state index in [-0.39, 0.29) is 0 Å². The van der Waals surface area contributed by atoms with Crippen LogP contribution < -0.4 is 14.8 Å². The lowest BCUT2D eigenvalue weighted by atomic mass is 9.52. The Morgan fingerprint density at radius 2 is 2.15 bits per heavy atom. The van der Waals surface area contributed by atoms with Gasteiger partial charge in [-0.05, 0) is 49.8 Å². The van der Waals surface area contributed by atoms with E-state index in [4.69, 9.17) is 9.47 Å². The first-order valence-electron chi connectivity index (χ1n) is 8.04. The number of benzene rings is 1. The van der Waals surface area contributed by atoms with Gasteiger partial charge in [0.2, 0.25) is 6.79 Å². The number of piperidine rings is 1. The molecule has 4 aliphatic rings. The predicted molar refractivity (Wildman–Crippen MR) is 76.3 cm³/mol. The number of hydrogen-bond acceptors (Lipinski definition) is 3. The van der Waals surface area contributed by atoms with E-state index in [2.05, 4.69) is 17.4 Å². The van der Waals surface area contributed by atoms with Crippen LogP contribution in [0.4, 0.5) is 0 Å². The smallest absolute Gasteiger partial charge is 0.231 e. The first-order chi connectivity index (χ1) is 9.88. The van der Waals surface area contributed by atoms with Crippen LogP contribution in [-0.2, 0) is 11.8 Å². The van der Waals surface area contributed by atoms with Gasteiger partial charge in [0.25, 0.3) is 0 Å². The maximum Gasteiger partial charge on any atom is 0.231 e. The van der Waals surface area contributed by atoms with E-state index in [1.165, 1.54) is 49.7 Å². The molecule has 2 fully saturated rings. The van der Waals surface area contributed by atoms with Crippen LogP contribution >= 0.6 is 0 Å². The molecule has 1 saturated heterocycles. The lowest BCUT2D eigenvalue weighted by molar-refractivity contribution is 0.0761. The largest absolute Gasteiger partial charge is 0.454 e. The van der Waals surface area contributed by atoms with E-state index in [0.717, 1.165) is 24.0 Å². The topological polar surface area (TPSA) is 30.5 Å². The fraction of sp³-hybridized carbons (Fsp3) is 0.647. The molecule has 1 aromatic carbocycles. The van der Waals surface area contributed by atoms with Gasteiger partial charge in [0, 0.05) is 17.0 Å². The lowest BCUT2D eigenvalue weighted by Gasteiger charge is -2.55. The minimum atomic E-state index is 0.362. The zero-order chi connectivity index (χ0) is 13.2. The lowest BCUT2D eigenvalue weighted by Crippen LogP contribution is -2.59. The molecule has 0 spiro atoms. The Kier molecular flexibility index (Phi) is 2.24. The second kappa shape index (κ2) is 3.91. The highest BCUT2D eigenvalue weighted by atomic mass is 16.7. The average Bonchev–Trinajstić information content (AvgIpc) is 2.94. The van der Waals surface area contributed by atoms with Crippen LogP contribution in [0.5, 0.6) is 11.5 Å². The van der Waals surface area contributed by atoms with Crippen LogP contribution in [0.3, 0.4) is 0 Å². The fourth-order valence-corrected chi connectivity index (χ4v) is 5.40. The molecule has 2 aliphatic heterocycles. The van der Waals surface area contributed by atoms with Gasteiger partial charge in [0.15, 0.2) is 11.5 Å². The Bertz CT molecular complexity index is 566. The van der Waals surface area contributed by atoms with Crippen LogP contribution in [0.1, 0.15) is 43.2 Å². The SMILES string of the molecule is c1cc2c(c3c1CC1NCCC34CCCCC14)OCO2. The Hall–Kier alpha value is -1.22. The molecular weight excluding hydrogens is 250 g/mol. The summed E-state index contributed by atoms with van der Waals surface area (Å²) in [5.41, 5.74) is 3.39. The second-order valence-electron chi connectivity index (χ2n) is 6.86. The molecular formula is C17H21NO2. The third kappa shape index (κ3) is 1.30. The molecule has 0 amide bonds. The Balaban J connectivity index is 1.77. The van der Waals surface area contributed by atoms with Gasteiger partial charge >= 0.3 is 0 Å². The summed E-state index contributed by atoms with van der Waals surface area (Å²) in [6, 6.07) is 5.07. The minimum absolute atomic E-state index is 0.362. The molecule has 3 unspecified atom stereocenters. The van der Waals surface area contributed by atoms with E-state index < -0.39 is 0 Å². The van der Waals surface area contributed by atoms with E-state index in [1.54, 1.807) is 0 Å². The molecule has 106 valence electrons. The summed E-state index contributed by atoms with van der Waals surface area (Å²) in [7, 11) is 0. The van der Waals surface area contributed by atoms with E-state index in [0.29, 0.717) is 18.2 Å². The van der Waals surface area contributed by atoms with Crippen LogP contribution in [0.2, 0.25) is 0 Å². The Labute approximate surface area is 119 Å². The first kappa shape index (κ1) is 11.4. The summed E-state index contributed by atoms with van der Waals surface area (Å²) in [4.78, 5) is 0. The second-order valence-corrected chi connectivity index (χ2v) is 6.86. The van der Waals surface area contributed by atoms with Gasteiger partial charge in [-0.3, -0.25) is 0 Å². The molecule has 2 aliphatic carbocycles. The summed E-state index contributed by atoms with van der Waals surface area (Å²) in [6.07, 6.45) is 7.91. The molecule has 2 bridgehead atoms. The molecule has 5 rings (SSSR count). The Morgan fingerprint density at radius 1 is 1.15 bits per heavy atom.